The summed E-state index contributed by atoms with van der Waals surface area (Å²) in [4.78, 5) is 38.2. The highest BCUT2D eigenvalue weighted by Gasteiger charge is 2.38. The molecule has 2 atom stereocenters. The van der Waals surface area contributed by atoms with Crippen molar-refractivity contribution in [1.29, 1.82) is 0 Å². The molecule has 0 spiro atoms. The van der Waals surface area contributed by atoms with E-state index in [0.717, 1.165) is 5.57 Å². The van der Waals surface area contributed by atoms with Gasteiger partial charge in [0.25, 0.3) is 0 Å². The highest BCUT2D eigenvalue weighted by molar-refractivity contribution is 5.93. The molecule has 0 aromatic heterocycles. The smallest absolute Gasteiger partial charge is 0.331 e. The molecular weight excluding hydrogens is 406 g/mol. The number of carboxylic acids is 1. The Labute approximate surface area is 193 Å². The number of hydrogen-bond donors (Lipinski definition) is 3. The Kier molecular flexibility index (Phi) is 12.3. The van der Waals surface area contributed by atoms with Crippen LogP contribution < -0.4 is 10.6 Å². The van der Waals surface area contributed by atoms with Crippen molar-refractivity contribution in [3.05, 3.63) is 35.5 Å². The van der Waals surface area contributed by atoms with Gasteiger partial charge in [-0.25, -0.2) is 4.79 Å². The molecule has 0 radical (unpaired) electrons. The number of nitrogens with one attached hydrogen (secondary N) is 2. The molecular formula is C25H39N3O4. The lowest BCUT2D eigenvalue weighted by Gasteiger charge is -2.34. The van der Waals surface area contributed by atoms with Gasteiger partial charge < -0.3 is 15.3 Å². The third-order valence-corrected chi connectivity index (χ3v) is 4.78. The largest absolute Gasteiger partial charge is 0.478 e. The van der Waals surface area contributed by atoms with Gasteiger partial charge in [-0.05, 0) is 24.3 Å². The topological polar surface area (TPSA) is 98.7 Å². The molecule has 2 unspecified atom stereocenters. The van der Waals surface area contributed by atoms with Crippen molar-refractivity contribution in [3.8, 4) is 12.3 Å². The number of terminal acetylenes is 1. The van der Waals surface area contributed by atoms with Crippen molar-refractivity contribution in [1.82, 2.24) is 15.5 Å². The van der Waals surface area contributed by atoms with Crippen molar-refractivity contribution in [2.45, 2.75) is 66.5 Å². The number of carboxylic acid groups (broad SMARTS) is 1. The summed E-state index contributed by atoms with van der Waals surface area (Å²) in [5.74, 6) is 0.874. The van der Waals surface area contributed by atoms with Gasteiger partial charge in [-0.1, -0.05) is 59.1 Å². The second-order valence-corrected chi connectivity index (χ2v) is 8.89. The monoisotopic (exact) mass is 445 g/mol. The molecule has 1 heterocycles. The average Bonchev–Trinajstić information content (AvgIpc) is 3.11. The summed E-state index contributed by atoms with van der Waals surface area (Å²) in [6, 6.07) is -1.49. The number of rotatable bonds is 8. The molecule has 7 nitrogen and oxygen atoms in total. The molecule has 1 aliphatic heterocycles. The van der Waals surface area contributed by atoms with Crippen molar-refractivity contribution in [2.24, 2.45) is 5.41 Å². The standard InChI is InChI=1S/C22H31N3O4.C3H8/c1-8-10-15-13-23-17(16(15)9-2)19(26)24-18(22(4,5)6)20(27)25(7)12-11-14(3)21(28)29;1-3-2/h2,8,11,17-18,23H,1,10,12-13H2,3-7H3,(H,24,26)(H,28,29);3H2,1-2H3/b14-11+;. The number of amides is 2. The SMILES string of the molecule is C#CC1=C(CC=C)CNC1C(=O)NC(C(=O)N(C)C/C=C(\C)C(=O)O)C(C)(C)C.CCC. The maximum absolute atomic E-state index is 13.0. The first-order valence-electron chi connectivity index (χ1n) is 10.8. The molecule has 1 aliphatic rings. The van der Waals surface area contributed by atoms with Crippen LogP contribution in [0.5, 0.6) is 0 Å². The van der Waals surface area contributed by atoms with Gasteiger partial charge in [0, 0.05) is 31.3 Å². The van der Waals surface area contributed by atoms with E-state index in [9.17, 15) is 14.4 Å². The molecule has 0 aliphatic carbocycles. The Morgan fingerprint density at radius 3 is 2.38 bits per heavy atom. The second-order valence-electron chi connectivity index (χ2n) is 8.89. The van der Waals surface area contributed by atoms with Crippen LogP contribution in [0.15, 0.2) is 35.5 Å². The van der Waals surface area contributed by atoms with Crippen molar-refractivity contribution in [3.63, 3.8) is 0 Å². The highest BCUT2D eigenvalue weighted by atomic mass is 16.4. The number of hydrogen-bond acceptors (Lipinski definition) is 4. The van der Waals surface area contributed by atoms with Crippen molar-refractivity contribution < 1.29 is 19.5 Å². The van der Waals surface area contributed by atoms with Gasteiger partial charge in [0.1, 0.15) is 12.1 Å². The van der Waals surface area contributed by atoms with Crippen LogP contribution in [0.1, 0.15) is 54.4 Å². The van der Waals surface area contributed by atoms with Crippen LogP contribution in [-0.4, -0.2) is 60.0 Å². The van der Waals surface area contributed by atoms with Crippen LogP contribution in [-0.2, 0) is 14.4 Å². The van der Waals surface area contributed by atoms with E-state index in [2.05, 4.69) is 37.0 Å². The number of carbonyl (C=O) groups is 3. The van der Waals surface area contributed by atoms with Crippen LogP contribution in [0.2, 0.25) is 0 Å². The maximum atomic E-state index is 13.0. The van der Waals surface area contributed by atoms with E-state index in [1.807, 2.05) is 20.8 Å². The van der Waals surface area contributed by atoms with Gasteiger partial charge in [0.2, 0.25) is 11.8 Å². The van der Waals surface area contributed by atoms with E-state index >= 15 is 0 Å². The quantitative estimate of drug-likeness (QED) is 0.303. The zero-order chi connectivity index (χ0) is 25.1. The molecule has 0 aromatic rings. The molecule has 178 valence electrons. The van der Waals surface area contributed by atoms with Crippen LogP contribution in [0.4, 0.5) is 0 Å². The van der Waals surface area contributed by atoms with Crippen LogP contribution in [0, 0.1) is 17.8 Å². The first-order chi connectivity index (χ1) is 14.8. The van der Waals surface area contributed by atoms with E-state index < -0.39 is 23.5 Å². The minimum absolute atomic E-state index is 0.125. The summed E-state index contributed by atoms with van der Waals surface area (Å²) in [6.45, 7) is 15.6. The summed E-state index contributed by atoms with van der Waals surface area (Å²) in [7, 11) is 1.57. The van der Waals surface area contributed by atoms with Crippen LogP contribution >= 0.6 is 0 Å². The van der Waals surface area contributed by atoms with E-state index in [1.54, 1.807) is 13.1 Å². The fourth-order valence-corrected chi connectivity index (χ4v) is 2.94. The lowest BCUT2D eigenvalue weighted by molar-refractivity contribution is -0.138. The molecule has 0 fully saturated rings. The van der Waals surface area contributed by atoms with Gasteiger partial charge in [-0.2, -0.15) is 0 Å². The second kappa shape index (κ2) is 13.5. The molecule has 7 heteroatoms. The van der Waals surface area contributed by atoms with Crippen LogP contribution in [0.3, 0.4) is 0 Å². The van der Waals surface area contributed by atoms with Gasteiger partial charge in [0.05, 0.1) is 0 Å². The summed E-state index contributed by atoms with van der Waals surface area (Å²) in [5, 5.41) is 14.9. The number of allylic oxidation sites excluding steroid dienone is 1. The molecule has 1 rings (SSSR count). The third kappa shape index (κ3) is 8.72. The zero-order valence-electron chi connectivity index (χ0n) is 20.5. The molecule has 0 saturated heterocycles. The predicted octanol–water partition coefficient (Wildman–Crippen LogP) is 2.90. The van der Waals surface area contributed by atoms with Crippen LogP contribution in [0.25, 0.3) is 0 Å². The van der Waals surface area contributed by atoms with E-state index in [1.165, 1.54) is 24.3 Å². The van der Waals surface area contributed by atoms with Gasteiger partial charge in [-0.15, -0.1) is 13.0 Å². The fraction of sp³-hybridized carbons (Fsp3) is 0.560. The Balaban J connectivity index is 0.00000302. The lowest BCUT2D eigenvalue weighted by Crippen LogP contribution is -2.57. The fourth-order valence-electron chi connectivity index (χ4n) is 2.94. The Hall–Kier alpha value is -2.85. The van der Waals surface area contributed by atoms with Crippen molar-refractivity contribution in [2.75, 3.05) is 20.1 Å². The normalized spacial score (nSPS) is 16.9. The molecule has 0 saturated carbocycles. The minimum atomic E-state index is -1.04. The predicted molar refractivity (Wildman–Crippen MR) is 129 cm³/mol. The molecule has 32 heavy (non-hydrogen) atoms. The van der Waals surface area contributed by atoms with E-state index in [-0.39, 0.29) is 23.9 Å². The Bertz CT molecular complexity index is 797. The summed E-state index contributed by atoms with van der Waals surface area (Å²) in [5.41, 5.74) is 1.10. The molecule has 0 bridgehead atoms. The number of nitrogens with zero attached hydrogens (tertiary/aromatic N) is 1. The van der Waals surface area contributed by atoms with Gasteiger partial charge in [0.15, 0.2) is 0 Å². The summed E-state index contributed by atoms with van der Waals surface area (Å²) in [6.07, 6.45) is 10.6. The number of aliphatic carboxylic acids is 1. The maximum Gasteiger partial charge on any atom is 0.331 e. The lowest BCUT2D eigenvalue weighted by atomic mass is 9.85. The minimum Gasteiger partial charge on any atom is -0.478 e. The Morgan fingerprint density at radius 1 is 1.38 bits per heavy atom. The van der Waals surface area contributed by atoms with E-state index in [4.69, 9.17) is 11.5 Å². The van der Waals surface area contributed by atoms with E-state index in [0.29, 0.717) is 18.5 Å². The zero-order valence-corrected chi connectivity index (χ0v) is 20.5. The summed E-state index contributed by atoms with van der Waals surface area (Å²) < 4.78 is 0. The molecule has 2 amide bonds. The molecule has 0 aromatic carbocycles. The molecule has 3 N–H and O–H groups in total. The first-order valence-corrected chi connectivity index (χ1v) is 10.8. The average molecular weight is 446 g/mol. The summed E-state index contributed by atoms with van der Waals surface area (Å²) >= 11 is 0. The third-order valence-electron chi connectivity index (χ3n) is 4.78. The van der Waals surface area contributed by atoms with Crippen molar-refractivity contribution >= 4 is 17.8 Å². The van der Waals surface area contributed by atoms with Gasteiger partial charge >= 0.3 is 5.97 Å². The number of carbonyl (C=O) groups excluding carboxylic acids is 2. The van der Waals surface area contributed by atoms with Gasteiger partial charge in [-0.3, -0.25) is 14.9 Å². The first kappa shape index (κ1) is 29.1. The number of likely N-dealkylation sites (N-methyl/N-ethyl adjacent to an activating group) is 1. The highest BCUT2D eigenvalue weighted by Crippen LogP contribution is 2.23. The Morgan fingerprint density at radius 2 is 1.94 bits per heavy atom.